The van der Waals surface area contributed by atoms with E-state index in [1.807, 2.05) is 0 Å². The van der Waals surface area contributed by atoms with Crippen molar-refractivity contribution in [2.75, 3.05) is 0 Å². The SMILES string of the molecule is CC(=O)c1ccccc1C(=O)OC=[N+]=[N-]. The maximum absolute atomic E-state index is 11.4. The third kappa shape index (κ3) is 2.59. The third-order valence-electron chi connectivity index (χ3n) is 1.73. The van der Waals surface area contributed by atoms with Gasteiger partial charge in [0.2, 0.25) is 0 Å². The van der Waals surface area contributed by atoms with Crippen LogP contribution in [0.4, 0.5) is 0 Å². The molecule has 5 nitrogen and oxygen atoms in total. The highest BCUT2D eigenvalue weighted by molar-refractivity contribution is 6.06. The average Bonchev–Trinajstić information content (AvgIpc) is 2.25. The van der Waals surface area contributed by atoms with Gasteiger partial charge in [-0.1, -0.05) is 18.2 Å². The highest BCUT2D eigenvalue weighted by Gasteiger charge is 2.15. The Kier molecular flexibility index (Phi) is 3.49. The number of esters is 1. The first kappa shape index (κ1) is 10.8. The molecular weight excluding hydrogens is 196 g/mol. The molecule has 0 aromatic heterocycles. The Balaban J connectivity index is 3.07. The number of carbonyl (C=O) groups excluding carboxylic acids is 2. The Morgan fingerprint density at radius 2 is 1.93 bits per heavy atom. The number of benzene rings is 1. The van der Waals surface area contributed by atoms with Crippen LogP contribution in [0.25, 0.3) is 5.53 Å². The summed E-state index contributed by atoms with van der Waals surface area (Å²) in [7, 11) is 0. The van der Waals surface area contributed by atoms with Crippen molar-refractivity contribution >= 4 is 18.2 Å². The first-order valence-corrected chi connectivity index (χ1v) is 4.13. The van der Waals surface area contributed by atoms with Gasteiger partial charge in [0.25, 0.3) is 0 Å². The first-order valence-electron chi connectivity index (χ1n) is 4.13. The first-order chi connectivity index (χ1) is 7.16. The van der Waals surface area contributed by atoms with E-state index in [2.05, 4.69) is 9.53 Å². The van der Waals surface area contributed by atoms with Crippen molar-refractivity contribution in [1.82, 2.24) is 0 Å². The topological polar surface area (TPSA) is 79.8 Å². The number of rotatable bonds is 3. The second-order valence-electron chi connectivity index (χ2n) is 2.73. The summed E-state index contributed by atoms with van der Waals surface area (Å²) in [5.74, 6) is -0.970. The Morgan fingerprint density at radius 3 is 2.47 bits per heavy atom. The molecule has 0 aliphatic heterocycles. The molecule has 0 atom stereocenters. The van der Waals surface area contributed by atoms with Gasteiger partial charge in [-0.25, -0.2) is 4.79 Å². The average molecular weight is 204 g/mol. The van der Waals surface area contributed by atoms with Crippen molar-refractivity contribution in [3.63, 3.8) is 0 Å². The van der Waals surface area contributed by atoms with Crippen LogP contribution in [0.15, 0.2) is 24.3 Å². The molecule has 76 valence electrons. The van der Waals surface area contributed by atoms with Crippen LogP contribution in [-0.2, 0) is 4.74 Å². The second-order valence-corrected chi connectivity index (χ2v) is 2.73. The molecule has 0 aliphatic rings. The second kappa shape index (κ2) is 4.83. The summed E-state index contributed by atoms with van der Waals surface area (Å²) < 4.78 is 4.44. The minimum Gasteiger partial charge on any atom is -0.360 e. The van der Waals surface area contributed by atoms with Crippen molar-refractivity contribution in [3.8, 4) is 0 Å². The summed E-state index contributed by atoms with van der Waals surface area (Å²) in [6.45, 7) is 1.35. The van der Waals surface area contributed by atoms with E-state index < -0.39 is 5.97 Å². The van der Waals surface area contributed by atoms with E-state index in [4.69, 9.17) is 5.53 Å². The van der Waals surface area contributed by atoms with Gasteiger partial charge in [0.05, 0.1) is 5.56 Å². The fourth-order valence-corrected chi connectivity index (χ4v) is 1.10. The minimum absolute atomic E-state index is 0.143. The van der Waals surface area contributed by atoms with Gasteiger partial charge in [0.1, 0.15) is 0 Å². The molecule has 0 fully saturated rings. The lowest BCUT2D eigenvalue weighted by Gasteiger charge is -2.01. The number of carbonyl (C=O) groups is 2. The van der Waals surface area contributed by atoms with Gasteiger partial charge in [-0.15, -0.1) is 4.79 Å². The highest BCUT2D eigenvalue weighted by atomic mass is 16.5. The fourth-order valence-electron chi connectivity index (χ4n) is 1.10. The molecule has 15 heavy (non-hydrogen) atoms. The normalized spacial score (nSPS) is 8.87. The predicted octanol–water partition coefficient (Wildman–Crippen LogP) is 1.30. The van der Waals surface area contributed by atoms with E-state index in [-0.39, 0.29) is 16.9 Å². The Bertz CT molecular complexity index is 448. The smallest absolute Gasteiger partial charge is 0.360 e. The number of Topliss-reactive ketones (excluding diaryl/α,β-unsaturated/α-hetero) is 1. The summed E-state index contributed by atoms with van der Waals surface area (Å²) in [5, 5.41) is 0. The molecule has 0 amide bonds. The van der Waals surface area contributed by atoms with Crippen LogP contribution in [0.2, 0.25) is 0 Å². The summed E-state index contributed by atoms with van der Waals surface area (Å²) in [5.41, 5.74) is 8.48. The largest absolute Gasteiger partial charge is 0.446 e. The van der Waals surface area contributed by atoms with Gasteiger partial charge in [-0.3, -0.25) is 4.79 Å². The molecule has 0 bridgehead atoms. The Labute approximate surface area is 85.9 Å². The number of nitrogens with zero attached hydrogens (tertiary/aromatic N) is 2. The van der Waals surface area contributed by atoms with Crippen LogP contribution in [0.5, 0.6) is 0 Å². The zero-order chi connectivity index (χ0) is 11.3. The molecule has 0 spiro atoms. The quantitative estimate of drug-likeness (QED) is 0.186. The van der Waals surface area contributed by atoms with E-state index >= 15 is 0 Å². The molecule has 0 unspecified atom stereocenters. The van der Waals surface area contributed by atoms with Gasteiger partial charge in [-0.2, -0.15) is 0 Å². The van der Waals surface area contributed by atoms with Crippen LogP contribution in [0.3, 0.4) is 0 Å². The zero-order valence-corrected chi connectivity index (χ0v) is 8.01. The molecule has 0 aliphatic carbocycles. The molecule has 0 radical (unpaired) electrons. The number of ketones is 1. The lowest BCUT2D eigenvalue weighted by molar-refractivity contribution is -0.0230. The Hall–Kier alpha value is -2.26. The van der Waals surface area contributed by atoms with Crippen LogP contribution in [-0.4, -0.2) is 22.9 Å². The molecule has 1 aromatic rings. The van der Waals surface area contributed by atoms with Crippen molar-refractivity contribution in [2.24, 2.45) is 0 Å². The van der Waals surface area contributed by atoms with Gasteiger partial charge in [0.15, 0.2) is 5.78 Å². The van der Waals surface area contributed by atoms with Crippen molar-refractivity contribution in [3.05, 3.63) is 40.9 Å². The molecule has 1 rings (SSSR count). The van der Waals surface area contributed by atoms with E-state index in [0.29, 0.717) is 6.40 Å². The molecule has 5 heteroatoms. The van der Waals surface area contributed by atoms with Crippen LogP contribution in [0, 0.1) is 0 Å². The molecular formula is C10H8N2O3. The zero-order valence-electron chi connectivity index (χ0n) is 8.01. The fraction of sp³-hybridized carbons (Fsp3) is 0.100. The standard InChI is InChI=1S/C10H8N2O3/c1-7(13)8-4-2-3-5-9(8)10(14)15-6-12-11/h2-6H,1H3. The number of hydrogen-bond donors (Lipinski definition) is 0. The van der Waals surface area contributed by atoms with Crippen molar-refractivity contribution < 1.29 is 19.1 Å². The summed E-state index contributed by atoms with van der Waals surface area (Å²) in [6.07, 6.45) is 0.596. The summed E-state index contributed by atoms with van der Waals surface area (Å²) in [6, 6.07) is 6.24. The van der Waals surface area contributed by atoms with Crippen LogP contribution in [0.1, 0.15) is 27.6 Å². The van der Waals surface area contributed by atoms with E-state index in [1.54, 1.807) is 12.1 Å². The van der Waals surface area contributed by atoms with Crippen molar-refractivity contribution in [1.29, 1.82) is 0 Å². The minimum atomic E-state index is -0.737. The molecule has 0 N–H and O–H groups in total. The monoisotopic (exact) mass is 204 g/mol. The van der Waals surface area contributed by atoms with Gasteiger partial charge in [0, 0.05) is 5.56 Å². The molecule has 0 saturated carbocycles. The maximum Gasteiger partial charge on any atom is 0.446 e. The predicted molar refractivity (Wildman–Crippen MR) is 51.5 cm³/mol. The van der Waals surface area contributed by atoms with Crippen molar-refractivity contribution in [2.45, 2.75) is 6.92 Å². The molecule has 1 aromatic carbocycles. The van der Waals surface area contributed by atoms with Crippen LogP contribution >= 0.6 is 0 Å². The highest BCUT2D eigenvalue weighted by Crippen LogP contribution is 2.10. The van der Waals surface area contributed by atoms with Gasteiger partial charge >= 0.3 is 12.4 Å². The van der Waals surface area contributed by atoms with Crippen LogP contribution < -0.4 is 0 Å². The Morgan fingerprint density at radius 1 is 1.33 bits per heavy atom. The summed E-state index contributed by atoms with van der Waals surface area (Å²) in [4.78, 5) is 25.0. The number of hydrogen-bond acceptors (Lipinski definition) is 3. The lowest BCUT2D eigenvalue weighted by atomic mass is 10.0. The number of ether oxygens (including phenoxy) is 1. The maximum atomic E-state index is 11.4. The van der Waals surface area contributed by atoms with Gasteiger partial charge < -0.3 is 10.3 Å². The summed E-state index contributed by atoms with van der Waals surface area (Å²) >= 11 is 0. The van der Waals surface area contributed by atoms with Gasteiger partial charge in [-0.05, 0) is 13.0 Å². The van der Waals surface area contributed by atoms with E-state index in [1.165, 1.54) is 19.1 Å². The van der Waals surface area contributed by atoms with E-state index in [0.717, 1.165) is 0 Å². The molecule has 0 heterocycles. The lowest BCUT2D eigenvalue weighted by Crippen LogP contribution is -2.09. The molecule has 0 saturated heterocycles. The third-order valence-corrected chi connectivity index (χ3v) is 1.73. The van der Waals surface area contributed by atoms with E-state index in [9.17, 15) is 9.59 Å².